The first-order valence-corrected chi connectivity index (χ1v) is 21.9. The van der Waals surface area contributed by atoms with Crippen molar-refractivity contribution < 1.29 is 0 Å². The van der Waals surface area contributed by atoms with E-state index in [1.54, 1.807) is 0 Å². The lowest BCUT2D eigenvalue weighted by Gasteiger charge is -2.14. The maximum Gasteiger partial charge on any atom is 0.0205 e. The monoisotopic (exact) mass is 752 g/mol. The fourth-order valence-corrected chi connectivity index (χ4v) is 6.27. The lowest BCUT2D eigenvalue weighted by Crippen LogP contribution is -2.26. The molecule has 0 aromatic heterocycles. The van der Waals surface area contributed by atoms with Crippen LogP contribution in [0.3, 0.4) is 0 Å². The third kappa shape index (κ3) is 27.6. The Balaban J connectivity index is 1.80. The predicted octanol–water partition coefficient (Wildman–Crippen LogP) is 5.47. The van der Waals surface area contributed by atoms with Crippen molar-refractivity contribution in [1.29, 1.82) is 0 Å². The Labute approximate surface area is 332 Å². The van der Waals surface area contributed by atoms with Gasteiger partial charge < -0.3 is 47.9 Å². The normalized spacial score (nSPS) is 11.9. The first kappa shape index (κ1) is 48.2. The summed E-state index contributed by atoms with van der Waals surface area (Å²) >= 11 is 0. The van der Waals surface area contributed by atoms with Gasteiger partial charge in [0, 0.05) is 19.6 Å². The van der Waals surface area contributed by atoms with Gasteiger partial charge in [0.15, 0.2) is 0 Å². The minimum absolute atomic E-state index is 0.717. The minimum atomic E-state index is 0.717. The van der Waals surface area contributed by atoms with Gasteiger partial charge >= 0.3 is 0 Å². The summed E-state index contributed by atoms with van der Waals surface area (Å²) in [7, 11) is 0. The summed E-state index contributed by atoms with van der Waals surface area (Å²) in [4.78, 5) is 0. The Hall–Kier alpha value is -1.92. The van der Waals surface area contributed by atoms with Crippen LogP contribution in [0.2, 0.25) is 0 Å². The molecule has 54 heavy (non-hydrogen) atoms. The molecular weight excluding hydrogens is 667 g/mol. The largest absolute Gasteiger partial charge is 0.317 e. The third-order valence-corrected chi connectivity index (χ3v) is 9.20. The highest BCUT2D eigenvalue weighted by Gasteiger charge is 2.06. The van der Waals surface area contributed by atoms with Crippen LogP contribution in [-0.4, -0.2) is 98.2 Å². The molecule has 0 aliphatic rings. The number of nitrogens with one attached hydrogen (secondary N) is 9. The van der Waals surface area contributed by atoms with Crippen LogP contribution in [0, 0.1) is 17.8 Å². The summed E-state index contributed by atoms with van der Waals surface area (Å²) in [5.74, 6) is 2.15. The van der Waals surface area contributed by atoms with Crippen LogP contribution < -0.4 is 47.9 Å². The van der Waals surface area contributed by atoms with E-state index in [9.17, 15) is 0 Å². The number of rotatable bonds is 37. The van der Waals surface area contributed by atoms with Crippen molar-refractivity contribution in [3.05, 3.63) is 59.2 Å². The van der Waals surface area contributed by atoms with E-state index in [2.05, 4.69) is 132 Å². The average molecular weight is 752 g/mol. The fourth-order valence-electron chi connectivity index (χ4n) is 6.27. The van der Waals surface area contributed by atoms with Crippen molar-refractivity contribution >= 4 is 0 Å². The third-order valence-electron chi connectivity index (χ3n) is 9.20. The summed E-state index contributed by atoms with van der Waals surface area (Å²) in [5.41, 5.74) is 6.65. The van der Waals surface area contributed by atoms with Crippen LogP contribution in [0.4, 0.5) is 0 Å². The summed E-state index contributed by atoms with van der Waals surface area (Å²) in [6.07, 6.45) is 6.96. The van der Waals surface area contributed by atoms with Gasteiger partial charge in [-0.2, -0.15) is 0 Å². The predicted molar refractivity (Wildman–Crippen MR) is 236 cm³/mol. The van der Waals surface area contributed by atoms with Crippen molar-refractivity contribution in [3.63, 3.8) is 0 Å². The summed E-state index contributed by atoms with van der Waals surface area (Å²) < 4.78 is 0. The van der Waals surface area contributed by atoms with Crippen LogP contribution in [0.15, 0.2) is 42.5 Å². The molecule has 0 fully saturated rings. The second-order valence-corrected chi connectivity index (χ2v) is 16.4. The topological polar surface area (TPSA) is 108 Å². The van der Waals surface area contributed by atoms with Crippen LogP contribution in [0.5, 0.6) is 0 Å². The highest BCUT2D eigenvalue weighted by molar-refractivity contribution is 5.66. The zero-order valence-corrected chi connectivity index (χ0v) is 35.7. The van der Waals surface area contributed by atoms with E-state index < -0.39 is 0 Å². The molecule has 2 rings (SSSR count). The number of benzene rings is 2. The number of hydrogen-bond donors (Lipinski definition) is 9. The van der Waals surface area contributed by atoms with E-state index in [1.807, 2.05) is 0 Å². The highest BCUT2D eigenvalue weighted by Crippen LogP contribution is 2.24. The molecule has 0 saturated carbocycles. The molecule has 2 aromatic carbocycles. The van der Waals surface area contributed by atoms with Crippen LogP contribution >= 0.6 is 0 Å². The van der Waals surface area contributed by atoms with Gasteiger partial charge in [-0.15, -0.1) is 0 Å². The highest BCUT2D eigenvalue weighted by atomic mass is 14.9. The summed E-state index contributed by atoms with van der Waals surface area (Å²) in [5, 5.41) is 32.5. The van der Waals surface area contributed by atoms with Gasteiger partial charge in [0.2, 0.25) is 0 Å². The van der Waals surface area contributed by atoms with E-state index in [1.165, 1.54) is 47.1 Å². The Morgan fingerprint density at radius 3 is 1.02 bits per heavy atom. The molecule has 0 atom stereocenters. The maximum atomic E-state index is 3.72. The SMILES string of the molecule is CC(C)CNCCCNCCCNCc1cccc(-c2cc(CNCCCNCCCNCC(C)C)cc(CNCCCNCCCNCC(C)C)c2)c1. The number of hydrogen-bond acceptors (Lipinski definition) is 9. The van der Waals surface area contributed by atoms with Gasteiger partial charge in [-0.05, 0) is 200 Å². The van der Waals surface area contributed by atoms with Gasteiger partial charge in [-0.3, -0.25) is 0 Å². The Kier molecular flexibility index (Phi) is 29.7. The second-order valence-electron chi connectivity index (χ2n) is 16.4. The quantitative estimate of drug-likeness (QED) is 0.0416. The lowest BCUT2D eigenvalue weighted by molar-refractivity contribution is 0.524. The molecule has 310 valence electrons. The first-order chi connectivity index (χ1) is 26.3. The summed E-state index contributed by atoms with van der Waals surface area (Å²) in [6.45, 7) is 32.3. The molecule has 0 aliphatic carbocycles. The maximum absolute atomic E-state index is 3.72. The molecule has 0 bridgehead atoms. The molecule has 9 heteroatoms. The zero-order chi connectivity index (χ0) is 38.9. The lowest BCUT2D eigenvalue weighted by atomic mass is 9.98. The van der Waals surface area contributed by atoms with Gasteiger partial charge in [0.05, 0.1) is 0 Å². The van der Waals surface area contributed by atoms with Gasteiger partial charge in [-0.1, -0.05) is 65.8 Å². The Morgan fingerprint density at radius 1 is 0.333 bits per heavy atom. The molecule has 0 heterocycles. The molecular formula is C45H85N9. The van der Waals surface area contributed by atoms with Crippen molar-refractivity contribution in [2.24, 2.45) is 17.8 Å². The smallest absolute Gasteiger partial charge is 0.0205 e. The van der Waals surface area contributed by atoms with Crippen LogP contribution in [-0.2, 0) is 19.6 Å². The molecule has 0 spiro atoms. The molecule has 0 aliphatic heterocycles. The molecule has 0 saturated heterocycles. The Bertz CT molecular complexity index is 1090. The Morgan fingerprint density at radius 2 is 0.648 bits per heavy atom. The van der Waals surface area contributed by atoms with Gasteiger partial charge in [0.25, 0.3) is 0 Å². The van der Waals surface area contributed by atoms with Crippen molar-refractivity contribution in [1.82, 2.24) is 47.9 Å². The molecule has 2 aromatic rings. The molecule has 9 nitrogen and oxygen atoms in total. The zero-order valence-electron chi connectivity index (χ0n) is 35.7. The minimum Gasteiger partial charge on any atom is -0.317 e. The van der Waals surface area contributed by atoms with E-state index in [4.69, 9.17) is 0 Å². The van der Waals surface area contributed by atoms with Crippen molar-refractivity contribution in [2.75, 3.05) is 98.2 Å². The standard InChI is InChI=1S/C45H85N9/c1-38(2)32-49-22-8-16-46-19-11-25-52-35-41-14-7-15-44(29-41)45-30-42(36-53-26-12-20-47-17-9-23-50-33-39(3)4)28-43(31-45)37-54-27-13-21-48-18-10-24-51-34-40(5)6/h7,14-15,28-31,38-40,46-54H,8-13,16-27,32-37H2,1-6H3. The van der Waals surface area contributed by atoms with Crippen molar-refractivity contribution in [3.8, 4) is 11.1 Å². The van der Waals surface area contributed by atoms with E-state index in [0.29, 0.717) is 0 Å². The second kappa shape index (κ2) is 33.2. The first-order valence-electron chi connectivity index (χ1n) is 21.9. The average Bonchev–Trinajstić information content (AvgIpc) is 3.14. The van der Waals surface area contributed by atoms with E-state index >= 15 is 0 Å². The molecule has 9 N–H and O–H groups in total. The molecule has 0 unspecified atom stereocenters. The molecule has 0 radical (unpaired) electrons. The van der Waals surface area contributed by atoms with Crippen molar-refractivity contribution in [2.45, 2.75) is 99.7 Å². The van der Waals surface area contributed by atoms with E-state index in [0.717, 1.165) is 155 Å². The van der Waals surface area contributed by atoms with E-state index in [-0.39, 0.29) is 0 Å². The van der Waals surface area contributed by atoms with Crippen LogP contribution in [0.25, 0.3) is 11.1 Å². The summed E-state index contributed by atoms with van der Waals surface area (Å²) in [6, 6.07) is 16.2. The van der Waals surface area contributed by atoms with Gasteiger partial charge in [-0.25, -0.2) is 0 Å². The fraction of sp³-hybridized carbons (Fsp3) is 0.733. The van der Waals surface area contributed by atoms with Crippen LogP contribution in [0.1, 0.15) is 96.8 Å². The molecule has 0 amide bonds. The van der Waals surface area contributed by atoms with Gasteiger partial charge in [0.1, 0.15) is 0 Å².